The number of esters is 1. The van der Waals surface area contributed by atoms with Crippen LogP contribution in [0.15, 0.2) is 54.1 Å². The molecule has 29 heavy (non-hydrogen) atoms. The van der Waals surface area contributed by atoms with Gasteiger partial charge < -0.3 is 15.0 Å². The highest BCUT2D eigenvalue weighted by Crippen LogP contribution is 2.17. The fraction of sp³-hybridized carbons (Fsp3) is 0.261. The Bertz CT molecular complexity index is 906. The van der Waals surface area contributed by atoms with Crippen molar-refractivity contribution in [3.63, 3.8) is 0 Å². The monoisotopic (exact) mass is 391 g/mol. The zero-order chi connectivity index (χ0) is 21.2. The Morgan fingerprint density at radius 1 is 1.03 bits per heavy atom. The predicted octanol–water partition coefficient (Wildman–Crippen LogP) is 4.26. The zero-order valence-electron chi connectivity index (χ0n) is 16.9. The molecule has 6 nitrogen and oxygen atoms in total. The molecule has 0 aliphatic heterocycles. The van der Waals surface area contributed by atoms with Gasteiger partial charge in [-0.2, -0.15) is 5.26 Å². The van der Waals surface area contributed by atoms with Crippen molar-refractivity contribution in [3.8, 4) is 6.07 Å². The van der Waals surface area contributed by atoms with Crippen LogP contribution in [-0.4, -0.2) is 31.6 Å². The molecule has 1 amide bonds. The molecule has 0 unspecified atom stereocenters. The van der Waals surface area contributed by atoms with Crippen LogP contribution in [-0.2, 0) is 9.53 Å². The van der Waals surface area contributed by atoms with Gasteiger partial charge in [0.05, 0.1) is 12.2 Å². The van der Waals surface area contributed by atoms with Crippen LogP contribution >= 0.6 is 0 Å². The number of hydrogen-bond acceptors (Lipinski definition) is 5. The van der Waals surface area contributed by atoms with Crippen molar-refractivity contribution in [3.05, 3.63) is 65.2 Å². The van der Waals surface area contributed by atoms with E-state index in [4.69, 9.17) is 4.74 Å². The highest BCUT2D eigenvalue weighted by molar-refractivity contribution is 6.09. The number of amides is 1. The summed E-state index contributed by atoms with van der Waals surface area (Å²) in [5.41, 5.74) is 2.74. The molecule has 2 rings (SSSR count). The van der Waals surface area contributed by atoms with E-state index in [1.807, 2.05) is 30.3 Å². The van der Waals surface area contributed by atoms with Crippen molar-refractivity contribution in [1.82, 2.24) is 0 Å². The summed E-state index contributed by atoms with van der Waals surface area (Å²) in [4.78, 5) is 26.3. The van der Waals surface area contributed by atoms with Gasteiger partial charge in [0, 0.05) is 24.5 Å². The molecule has 150 valence electrons. The van der Waals surface area contributed by atoms with Gasteiger partial charge in [-0.25, -0.2) is 4.79 Å². The van der Waals surface area contributed by atoms with E-state index in [1.54, 1.807) is 37.3 Å². The lowest BCUT2D eigenvalue weighted by Crippen LogP contribution is -2.21. The highest BCUT2D eigenvalue weighted by Gasteiger charge is 2.11. The minimum Gasteiger partial charge on any atom is -0.462 e. The summed E-state index contributed by atoms with van der Waals surface area (Å²) in [6, 6.07) is 16.0. The first-order valence-corrected chi connectivity index (χ1v) is 9.57. The van der Waals surface area contributed by atoms with Gasteiger partial charge in [-0.05, 0) is 68.8 Å². The van der Waals surface area contributed by atoms with Gasteiger partial charge in [0.1, 0.15) is 11.6 Å². The molecule has 0 aliphatic rings. The van der Waals surface area contributed by atoms with Crippen LogP contribution in [0.1, 0.15) is 36.7 Å². The Kier molecular flexibility index (Phi) is 7.99. The average Bonchev–Trinajstić information content (AvgIpc) is 2.74. The van der Waals surface area contributed by atoms with E-state index in [1.165, 1.54) is 0 Å². The molecule has 0 saturated carbocycles. The number of hydrogen-bond donors (Lipinski definition) is 1. The second-order valence-corrected chi connectivity index (χ2v) is 6.19. The van der Waals surface area contributed by atoms with Crippen molar-refractivity contribution in [1.29, 1.82) is 5.26 Å². The standard InChI is InChI=1S/C23H25N3O3/c1-4-26(5-2)21-13-7-17(8-14-21)15-19(16-24)22(27)25-20-11-9-18(10-12-20)23(28)29-6-3/h7-15H,4-6H2,1-3H3,(H,25,27)/b19-15+. The molecular weight excluding hydrogens is 366 g/mol. The maximum Gasteiger partial charge on any atom is 0.338 e. The largest absolute Gasteiger partial charge is 0.462 e. The number of anilines is 2. The van der Waals surface area contributed by atoms with E-state index >= 15 is 0 Å². The van der Waals surface area contributed by atoms with Gasteiger partial charge in [0.2, 0.25) is 0 Å². The summed E-state index contributed by atoms with van der Waals surface area (Å²) >= 11 is 0. The van der Waals surface area contributed by atoms with Gasteiger partial charge in [0.25, 0.3) is 5.91 Å². The van der Waals surface area contributed by atoms with E-state index < -0.39 is 11.9 Å². The molecule has 0 heterocycles. The lowest BCUT2D eigenvalue weighted by Gasteiger charge is -2.20. The molecule has 0 aliphatic carbocycles. The lowest BCUT2D eigenvalue weighted by atomic mass is 10.1. The molecule has 1 N–H and O–H groups in total. The summed E-state index contributed by atoms with van der Waals surface area (Å²) < 4.78 is 4.93. The summed E-state index contributed by atoms with van der Waals surface area (Å²) in [6.07, 6.45) is 1.55. The highest BCUT2D eigenvalue weighted by atomic mass is 16.5. The van der Waals surface area contributed by atoms with Crippen LogP contribution < -0.4 is 10.2 Å². The third kappa shape index (κ3) is 5.94. The third-order valence-electron chi connectivity index (χ3n) is 4.35. The van der Waals surface area contributed by atoms with Gasteiger partial charge >= 0.3 is 5.97 Å². The smallest absolute Gasteiger partial charge is 0.338 e. The molecule has 0 aromatic heterocycles. The Hall–Kier alpha value is -3.59. The normalized spacial score (nSPS) is 10.8. The first-order valence-electron chi connectivity index (χ1n) is 9.57. The van der Waals surface area contributed by atoms with Crippen molar-refractivity contribution < 1.29 is 14.3 Å². The number of rotatable bonds is 8. The molecule has 0 saturated heterocycles. The van der Waals surface area contributed by atoms with E-state index in [2.05, 4.69) is 24.1 Å². The minimum absolute atomic E-state index is 0.00458. The van der Waals surface area contributed by atoms with Crippen LogP contribution in [0.5, 0.6) is 0 Å². The third-order valence-corrected chi connectivity index (χ3v) is 4.35. The molecule has 0 atom stereocenters. The quantitative estimate of drug-likeness (QED) is 0.413. The number of ether oxygens (including phenoxy) is 1. The lowest BCUT2D eigenvalue weighted by molar-refractivity contribution is -0.112. The zero-order valence-corrected chi connectivity index (χ0v) is 16.9. The van der Waals surface area contributed by atoms with Crippen molar-refractivity contribution in [2.45, 2.75) is 20.8 Å². The number of carbonyl (C=O) groups excluding carboxylic acids is 2. The van der Waals surface area contributed by atoms with E-state index in [-0.39, 0.29) is 5.57 Å². The van der Waals surface area contributed by atoms with Crippen LogP contribution in [0.2, 0.25) is 0 Å². The van der Waals surface area contributed by atoms with E-state index in [9.17, 15) is 14.9 Å². The van der Waals surface area contributed by atoms with Gasteiger partial charge in [-0.3, -0.25) is 4.79 Å². The number of nitriles is 1. The minimum atomic E-state index is -0.510. The van der Waals surface area contributed by atoms with Crippen molar-refractivity contribution in [2.24, 2.45) is 0 Å². The number of nitrogens with one attached hydrogen (secondary N) is 1. The fourth-order valence-electron chi connectivity index (χ4n) is 2.79. The van der Waals surface area contributed by atoms with Crippen molar-refractivity contribution in [2.75, 3.05) is 29.9 Å². The van der Waals surface area contributed by atoms with E-state index in [0.717, 1.165) is 24.3 Å². The second kappa shape index (κ2) is 10.7. The van der Waals surface area contributed by atoms with Gasteiger partial charge in [0.15, 0.2) is 0 Å². The Labute approximate surface area is 171 Å². The molecule has 0 spiro atoms. The van der Waals surface area contributed by atoms with Crippen molar-refractivity contribution >= 4 is 29.3 Å². The van der Waals surface area contributed by atoms with Crippen LogP contribution in [0.3, 0.4) is 0 Å². The number of nitrogens with zero attached hydrogens (tertiary/aromatic N) is 2. The van der Waals surface area contributed by atoms with E-state index in [0.29, 0.717) is 17.9 Å². The molecule has 0 bridgehead atoms. The summed E-state index contributed by atoms with van der Waals surface area (Å²) in [6.45, 7) is 8.03. The topological polar surface area (TPSA) is 82.4 Å². The molecule has 2 aromatic rings. The molecule has 2 aromatic carbocycles. The van der Waals surface area contributed by atoms with Gasteiger partial charge in [-0.15, -0.1) is 0 Å². The fourth-order valence-corrected chi connectivity index (χ4v) is 2.79. The summed E-state index contributed by atoms with van der Waals surface area (Å²) in [5.74, 6) is -0.930. The van der Waals surface area contributed by atoms with Crippen LogP contribution in [0, 0.1) is 11.3 Å². The van der Waals surface area contributed by atoms with Crippen LogP contribution in [0.4, 0.5) is 11.4 Å². The first kappa shape index (κ1) is 21.7. The molecule has 0 radical (unpaired) electrons. The maximum absolute atomic E-state index is 12.4. The molecule has 0 fully saturated rings. The Morgan fingerprint density at radius 3 is 2.17 bits per heavy atom. The first-order chi connectivity index (χ1) is 14.0. The van der Waals surface area contributed by atoms with Gasteiger partial charge in [-0.1, -0.05) is 12.1 Å². The predicted molar refractivity (Wildman–Crippen MR) is 115 cm³/mol. The number of carbonyl (C=O) groups is 2. The Balaban J connectivity index is 2.10. The number of benzene rings is 2. The average molecular weight is 391 g/mol. The molecular formula is C23H25N3O3. The Morgan fingerprint density at radius 2 is 1.66 bits per heavy atom. The van der Waals surface area contributed by atoms with Crippen LogP contribution in [0.25, 0.3) is 6.08 Å². The molecule has 6 heteroatoms. The summed E-state index contributed by atoms with van der Waals surface area (Å²) in [5, 5.41) is 12.1. The summed E-state index contributed by atoms with van der Waals surface area (Å²) in [7, 11) is 0. The maximum atomic E-state index is 12.4. The second-order valence-electron chi connectivity index (χ2n) is 6.19. The SMILES string of the molecule is CCOC(=O)c1ccc(NC(=O)/C(C#N)=C/c2ccc(N(CC)CC)cc2)cc1.